The number of piperidine rings is 1. The largest absolute Gasteiger partial charge is 0.454 e. The fourth-order valence-electron chi connectivity index (χ4n) is 4.22. The molecule has 4 rings (SSSR count). The lowest BCUT2D eigenvalue weighted by Gasteiger charge is -2.32. The first-order valence-electron chi connectivity index (χ1n) is 11.7. The summed E-state index contributed by atoms with van der Waals surface area (Å²) in [7, 11) is 0. The highest BCUT2D eigenvalue weighted by molar-refractivity contribution is 6.03. The SMILES string of the molecule is C[C@H](O)C=CC(=O)N1CCC[C@@H](n2nc(-c3ccc(Oc4ccc(F)cc4F)cc3)c(C(N)=O)c2N)C1. The van der Waals surface area contributed by atoms with Gasteiger partial charge in [-0.25, -0.2) is 13.5 Å². The highest BCUT2D eigenvalue weighted by atomic mass is 19.1. The first-order valence-corrected chi connectivity index (χ1v) is 11.7. The number of halogens is 2. The van der Waals surface area contributed by atoms with Gasteiger partial charge in [0.25, 0.3) is 5.91 Å². The van der Waals surface area contributed by atoms with Gasteiger partial charge in [0.1, 0.15) is 28.6 Å². The molecular weight excluding hydrogens is 484 g/mol. The molecule has 0 radical (unpaired) electrons. The summed E-state index contributed by atoms with van der Waals surface area (Å²) >= 11 is 0. The number of nitrogen functional groups attached to an aromatic ring is 1. The van der Waals surface area contributed by atoms with Crippen LogP contribution in [0.5, 0.6) is 11.5 Å². The molecule has 0 unspecified atom stereocenters. The number of aliphatic hydroxyl groups is 1. The number of hydrogen-bond acceptors (Lipinski definition) is 6. The Hall–Kier alpha value is -4.25. The van der Waals surface area contributed by atoms with E-state index in [0.717, 1.165) is 12.1 Å². The molecule has 1 saturated heterocycles. The summed E-state index contributed by atoms with van der Waals surface area (Å²) in [5.41, 5.74) is 12.8. The van der Waals surface area contributed by atoms with Crippen molar-refractivity contribution >= 4 is 17.6 Å². The maximum atomic E-state index is 13.9. The lowest BCUT2D eigenvalue weighted by Crippen LogP contribution is -2.40. The number of nitrogens with two attached hydrogens (primary N) is 2. The molecule has 0 saturated carbocycles. The molecule has 9 nitrogen and oxygen atoms in total. The second-order valence-corrected chi connectivity index (χ2v) is 8.80. The summed E-state index contributed by atoms with van der Waals surface area (Å²) < 4.78 is 34.1. The second kappa shape index (κ2) is 10.8. The summed E-state index contributed by atoms with van der Waals surface area (Å²) in [5.74, 6) is -2.30. The Morgan fingerprint density at radius 2 is 1.95 bits per heavy atom. The van der Waals surface area contributed by atoms with E-state index in [1.807, 2.05) is 0 Å². The fraction of sp³-hybridized carbons (Fsp3) is 0.269. The molecule has 37 heavy (non-hydrogen) atoms. The second-order valence-electron chi connectivity index (χ2n) is 8.80. The van der Waals surface area contributed by atoms with Crippen molar-refractivity contribution in [3.63, 3.8) is 0 Å². The Kier molecular flexibility index (Phi) is 7.53. The summed E-state index contributed by atoms with van der Waals surface area (Å²) in [4.78, 5) is 26.4. The van der Waals surface area contributed by atoms with Crippen molar-refractivity contribution in [1.82, 2.24) is 14.7 Å². The van der Waals surface area contributed by atoms with Crippen LogP contribution in [0.4, 0.5) is 14.6 Å². The molecule has 1 aliphatic heterocycles. The summed E-state index contributed by atoms with van der Waals surface area (Å²) in [6.45, 7) is 2.43. The van der Waals surface area contributed by atoms with Crippen LogP contribution in [0, 0.1) is 11.6 Å². The number of aromatic nitrogens is 2. The Morgan fingerprint density at radius 3 is 2.59 bits per heavy atom. The van der Waals surface area contributed by atoms with Crippen LogP contribution in [-0.4, -0.2) is 50.8 Å². The monoisotopic (exact) mass is 511 g/mol. The van der Waals surface area contributed by atoms with E-state index in [2.05, 4.69) is 5.10 Å². The number of carbonyl (C=O) groups is 2. The molecular formula is C26H27F2N5O4. The molecule has 2 aromatic carbocycles. The van der Waals surface area contributed by atoms with Crippen molar-refractivity contribution in [2.24, 2.45) is 5.73 Å². The topological polar surface area (TPSA) is 137 Å². The molecule has 0 bridgehead atoms. The number of rotatable bonds is 7. The van der Waals surface area contributed by atoms with E-state index in [1.165, 1.54) is 22.9 Å². The zero-order valence-electron chi connectivity index (χ0n) is 20.1. The number of primary amides is 1. The van der Waals surface area contributed by atoms with Gasteiger partial charge in [-0.1, -0.05) is 6.08 Å². The lowest BCUT2D eigenvalue weighted by molar-refractivity contribution is -0.127. The van der Waals surface area contributed by atoms with Crippen molar-refractivity contribution in [3.05, 3.63) is 71.8 Å². The van der Waals surface area contributed by atoms with Gasteiger partial charge in [0.15, 0.2) is 11.6 Å². The first kappa shape index (κ1) is 25.8. The van der Waals surface area contributed by atoms with Crippen molar-refractivity contribution in [2.45, 2.75) is 31.9 Å². The molecule has 2 heterocycles. The van der Waals surface area contributed by atoms with E-state index in [9.17, 15) is 23.5 Å². The number of hydrogen-bond donors (Lipinski definition) is 3. The Balaban J connectivity index is 1.59. The third kappa shape index (κ3) is 5.78. The average molecular weight is 512 g/mol. The Labute approximate surface area is 211 Å². The van der Waals surface area contributed by atoms with Gasteiger partial charge in [-0.2, -0.15) is 5.10 Å². The number of amides is 2. The molecule has 3 aromatic rings. The summed E-state index contributed by atoms with van der Waals surface area (Å²) in [6.07, 6.45) is 3.39. The van der Waals surface area contributed by atoms with Crippen molar-refractivity contribution in [1.29, 1.82) is 0 Å². The molecule has 2 amide bonds. The van der Waals surface area contributed by atoms with Crippen molar-refractivity contribution in [3.8, 4) is 22.8 Å². The Morgan fingerprint density at radius 1 is 1.22 bits per heavy atom. The molecule has 1 fully saturated rings. The van der Waals surface area contributed by atoms with Gasteiger partial charge in [-0.3, -0.25) is 9.59 Å². The molecule has 1 aliphatic rings. The molecule has 5 N–H and O–H groups in total. The van der Waals surface area contributed by atoms with Crippen LogP contribution in [0.15, 0.2) is 54.6 Å². The van der Waals surface area contributed by atoms with Gasteiger partial charge in [0.05, 0.1) is 12.1 Å². The summed E-state index contributed by atoms with van der Waals surface area (Å²) in [5, 5.41) is 14.0. The number of benzene rings is 2. The maximum absolute atomic E-state index is 13.9. The van der Waals surface area contributed by atoms with Gasteiger partial charge in [-0.05, 0) is 56.2 Å². The van der Waals surface area contributed by atoms with Gasteiger partial charge < -0.3 is 26.2 Å². The van der Waals surface area contributed by atoms with Crippen LogP contribution in [0.25, 0.3) is 11.3 Å². The number of nitrogens with zero attached hydrogens (tertiary/aromatic N) is 3. The minimum Gasteiger partial charge on any atom is -0.454 e. The quantitative estimate of drug-likeness (QED) is 0.416. The van der Waals surface area contributed by atoms with E-state index in [1.54, 1.807) is 36.1 Å². The van der Waals surface area contributed by atoms with Crippen LogP contribution >= 0.6 is 0 Å². The van der Waals surface area contributed by atoms with Crippen LogP contribution in [-0.2, 0) is 4.79 Å². The highest BCUT2D eigenvalue weighted by Crippen LogP contribution is 2.33. The average Bonchev–Trinajstić information content (AvgIpc) is 3.22. The number of carbonyl (C=O) groups excluding carboxylic acids is 2. The molecule has 11 heteroatoms. The minimum atomic E-state index is -0.840. The smallest absolute Gasteiger partial charge is 0.254 e. The third-order valence-electron chi connectivity index (χ3n) is 6.01. The molecule has 0 spiro atoms. The molecule has 194 valence electrons. The lowest BCUT2D eigenvalue weighted by atomic mass is 10.1. The summed E-state index contributed by atoms with van der Waals surface area (Å²) in [6, 6.07) is 9.05. The van der Waals surface area contributed by atoms with Gasteiger partial charge >= 0.3 is 0 Å². The maximum Gasteiger partial charge on any atom is 0.254 e. The normalized spacial score (nSPS) is 16.6. The molecule has 2 atom stereocenters. The molecule has 1 aromatic heterocycles. The molecule has 0 aliphatic carbocycles. The third-order valence-corrected chi connectivity index (χ3v) is 6.01. The standard InChI is InChI=1S/C26H27F2N5O4/c1-15(34)4-11-22(35)32-12-2-3-18(14-32)33-25(29)23(26(30)36)24(31-33)16-5-8-19(9-6-16)37-21-10-7-17(27)13-20(21)28/h4-11,13,15,18,34H,2-3,12,14,29H2,1H3,(H2,30,36)/t15-,18+/m0/s1. The zero-order chi connectivity index (χ0) is 26.7. The number of anilines is 1. The minimum absolute atomic E-state index is 0.0516. The van der Waals surface area contributed by atoms with Crippen LogP contribution in [0.3, 0.4) is 0 Å². The van der Waals surface area contributed by atoms with E-state index in [-0.39, 0.29) is 40.5 Å². The van der Waals surface area contributed by atoms with E-state index in [4.69, 9.17) is 16.2 Å². The Bertz CT molecular complexity index is 1340. The zero-order valence-corrected chi connectivity index (χ0v) is 20.1. The van der Waals surface area contributed by atoms with E-state index >= 15 is 0 Å². The van der Waals surface area contributed by atoms with Crippen molar-refractivity contribution in [2.75, 3.05) is 18.8 Å². The predicted molar refractivity (Wildman–Crippen MR) is 133 cm³/mol. The van der Waals surface area contributed by atoms with Gasteiger partial charge in [0, 0.05) is 30.8 Å². The van der Waals surface area contributed by atoms with Crippen LogP contribution in [0.2, 0.25) is 0 Å². The van der Waals surface area contributed by atoms with Crippen molar-refractivity contribution < 1.29 is 28.2 Å². The number of ether oxygens (including phenoxy) is 1. The highest BCUT2D eigenvalue weighted by Gasteiger charge is 2.29. The van der Waals surface area contributed by atoms with Crippen LogP contribution in [0.1, 0.15) is 36.2 Å². The number of aliphatic hydroxyl groups excluding tert-OH is 1. The number of likely N-dealkylation sites (tertiary alicyclic amines) is 1. The predicted octanol–water partition coefficient (Wildman–Crippen LogP) is 3.40. The van der Waals surface area contributed by atoms with Crippen LogP contribution < -0.4 is 16.2 Å². The fourth-order valence-corrected chi connectivity index (χ4v) is 4.22. The first-order chi connectivity index (χ1) is 17.6. The van der Waals surface area contributed by atoms with Gasteiger partial charge in [-0.15, -0.1) is 0 Å². The van der Waals surface area contributed by atoms with Gasteiger partial charge in [0.2, 0.25) is 5.91 Å². The van der Waals surface area contributed by atoms with E-state index < -0.39 is 23.6 Å². The van der Waals surface area contributed by atoms with E-state index in [0.29, 0.717) is 31.5 Å².